The molecule has 3 amide bonds. The largest absolute Gasteiger partial charge is 0.496 e. The van der Waals surface area contributed by atoms with Gasteiger partial charge < -0.3 is 19.5 Å². The molecule has 8 heteroatoms. The van der Waals surface area contributed by atoms with Crippen molar-refractivity contribution in [2.24, 2.45) is 0 Å². The van der Waals surface area contributed by atoms with Crippen molar-refractivity contribution in [1.82, 2.24) is 10.2 Å². The maximum atomic E-state index is 13.8. The summed E-state index contributed by atoms with van der Waals surface area (Å²) in [6.45, 7) is -0.0580. The number of rotatable bonds is 4. The molecule has 2 aromatic carbocycles. The smallest absolute Gasteiger partial charge is 0.329 e. The Balaban J connectivity index is 1.63. The molecule has 0 unspecified atom stereocenters. The van der Waals surface area contributed by atoms with Crippen molar-refractivity contribution in [1.29, 1.82) is 0 Å². The molecule has 2 aliphatic rings. The van der Waals surface area contributed by atoms with Gasteiger partial charge in [0.1, 0.15) is 17.3 Å². The Bertz CT molecular complexity index is 973. The number of amides is 3. The fourth-order valence-electron chi connectivity index (χ4n) is 2.90. The molecule has 1 N–H and O–H groups in total. The van der Waals surface area contributed by atoms with Gasteiger partial charge in [0.15, 0.2) is 11.5 Å². The summed E-state index contributed by atoms with van der Waals surface area (Å²) in [4.78, 5) is 25.8. The average molecular weight is 370 g/mol. The second kappa shape index (κ2) is 6.64. The minimum atomic E-state index is -0.616. The van der Waals surface area contributed by atoms with Crippen LogP contribution in [0, 0.1) is 5.82 Å². The number of hydrogen-bond donors (Lipinski definition) is 1. The van der Waals surface area contributed by atoms with E-state index in [1.807, 2.05) is 0 Å². The number of urea groups is 1. The zero-order chi connectivity index (χ0) is 19.0. The first-order valence-corrected chi connectivity index (χ1v) is 8.12. The first kappa shape index (κ1) is 16.9. The van der Waals surface area contributed by atoms with Crippen LogP contribution in [0.3, 0.4) is 0 Å². The van der Waals surface area contributed by atoms with Crippen molar-refractivity contribution in [3.05, 3.63) is 59.0 Å². The van der Waals surface area contributed by atoms with Crippen LogP contribution in [0.2, 0.25) is 0 Å². The first-order chi connectivity index (χ1) is 13.1. The second-order valence-electron chi connectivity index (χ2n) is 5.92. The van der Waals surface area contributed by atoms with Crippen molar-refractivity contribution in [3.8, 4) is 17.2 Å². The van der Waals surface area contributed by atoms with E-state index in [4.69, 9.17) is 14.2 Å². The quantitative estimate of drug-likeness (QED) is 0.661. The van der Waals surface area contributed by atoms with E-state index in [0.717, 1.165) is 4.90 Å². The molecule has 0 radical (unpaired) electrons. The molecule has 138 valence electrons. The van der Waals surface area contributed by atoms with Gasteiger partial charge in [0.2, 0.25) is 6.79 Å². The van der Waals surface area contributed by atoms with Crippen molar-refractivity contribution < 1.29 is 28.2 Å². The van der Waals surface area contributed by atoms with Crippen LogP contribution in [-0.2, 0) is 11.3 Å². The number of methoxy groups -OCH3 is 1. The second-order valence-corrected chi connectivity index (χ2v) is 5.92. The fourth-order valence-corrected chi connectivity index (χ4v) is 2.90. The highest BCUT2D eigenvalue weighted by atomic mass is 19.1. The zero-order valence-corrected chi connectivity index (χ0v) is 14.3. The number of imide groups is 1. The number of carbonyl (C=O) groups is 2. The lowest BCUT2D eigenvalue weighted by Crippen LogP contribution is -2.30. The predicted octanol–water partition coefficient (Wildman–Crippen LogP) is 2.66. The summed E-state index contributed by atoms with van der Waals surface area (Å²) >= 11 is 0. The van der Waals surface area contributed by atoms with Crippen molar-refractivity contribution in [2.75, 3.05) is 13.9 Å². The Hall–Kier alpha value is -3.55. The van der Waals surface area contributed by atoms with E-state index < -0.39 is 17.8 Å². The minimum Gasteiger partial charge on any atom is -0.496 e. The molecule has 0 saturated carbocycles. The maximum Gasteiger partial charge on any atom is 0.329 e. The van der Waals surface area contributed by atoms with Crippen molar-refractivity contribution in [3.63, 3.8) is 0 Å². The molecule has 0 atom stereocenters. The third kappa shape index (κ3) is 3.05. The molecule has 0 spiro atoms. The van der Waals surface area contributed by atoms with Gasteiger partial charge in [-0.3, -0.25) is 9.69 Å². The van der Waals surface area contributed by atoms with Crippen molar-refractivity contribution in [2.45, 2.75) is 6.54 Å². The fraction of sp³-hybridized carbons (Fsp3) is 0.158. The van der Waals surface area contributed by atoms with E-state index in [1.165, 1.54) is 25.3 Å². The molecule has 2 aliphatic heterocycles. The van der Waals surface area contributed by atoms with Crippen LogP contribution in [0.5, 0.6) is 17.2 Å². The normalized spacial score (nSPS) is 16.8. The van der Waals surface area contributed by atoms with Gasteiger partial charge in [0.25, 0.3) is 5.91 Å². The van der Waals surface area contributed by atoms with Crippen LogP contribution in [0.4, 0.5) is 9.18 Å². The van der Waals surface area contributed by atoms with Crippen LogP contribution < -0.4 is 19.5 Å². The number of halogens is 1. The summed E-state index contributed by atoms with van der Waals surface area (Å²) in [6.07, 6.45) is 1.49. The molecule has 0 bridgehead atoms. The SMILES string of the molecule is COc1cc2c(cc1C=C1NC(=O)N(Cc3ccccc3F)C1=O)OCO2. The van der Waals surface area contributed by atoms with Gasteiger partial charge in [0.05, 0.1) is 13.7 Å². The predicted molar refractivity (Wildman–Crippen MR) is 92.6 cm³/mol. The number of nitrogens with zero attached hydrogens (tertiary/aromatic N) is 1. The van der Waals surface area contributed by atoms with Crippen LogP contribution in [0.1, 0.15) is 11.1 Å². The van der Waals surface area contributed by atoms with Crippen LogP contribution in [-0.4, -0.2) is 30.7 Å². The molecule has 2 aromatic rings. The van der Waals surface area contributed by atoms with Gasteiger partial charge in [-0.15, -0.1) is 0 Å². The molecule has 0 aliphatic carbocycles. The molecule has 2 heterocycles. The lowest BCUT2D eigenvalue weighted by Gasteiger charge is -2.12. The molecule has 1 fully saturated rings. The van der Waals surface area contributed by atoms with Gasteiger partial charge in [0, 0.05) is 17.2 Å². The van der Waals surface area contributed by atoms with Crippen LogP contribution >= 0.6 is 0 Å². The molecule has 1 saturated heterocycles. The van der Waals surface area contributed by atoms with E-state index in [2.05, 4.69) is 5.32 Å². The van der Waals surface area contributed by atoms with Gasteiger partial charge in [-0.1, -0.05) is 18.2 Å². The van der Waals surface area contributed by atoms with Crippen molar-refractivity contribution >= 4 is 18.0 Å². The van der Waals surface area contributed by atoms with Gasteiger partial charge >= 0.3 is 6.03 Å². The van der Waals surface area contributed by atoms with E-state index in [-0.39, 0.29) is 24.6 Å². The lowest BCUT2D eigenvalue weighted by molar-refractivity contribution is -0.123. The van der Waals surface area contributed by atoms with E-state index in [1.54, 1.807) is 24.3 Å². The third-order valence-corrected chi connectivity index (χ3v) is 4.27. The molecule has 7 nitrogen and oxygen atoms in total. The molecular formula is C19H15FN2O5. The van der Waals surface area contributed by atoms with Gasteiger partial charge in [-0.25, -0.2) is 9.18 Å². The van der Waals surface area contributed by atoms with E-state index in [0.29, 0.717) is 22.8 Å². The Labute approximate surface area is 153 Å². The average Bonchev–Trinajstić information content (AvgIpc) is 3.22. The summed E-state index contributed by atoms with van der Waals surface area (Å²) in [5, 5.41) is 2.51. The highest BCUT2D eigenvalue weighted by Gasteiger charge is 2.34. The first-order valence-electron chi connectivity index (χ1n) is 8.12. The van der Waals surface area contributed by atoms with Gasteiger partial charge in [-0.05, 0) is 18.2 Å². The molecule has 0 aromatic heterocycles. The lowest BCUT2D eigenvalue weighted by atomic mass is 10.1. The summed E-state index contributed by atoms with van der Waals surface area (Å²) in [6, 6.07) is 8.68. The topological polar surface area (TPSA) is 77.1 Å². The number of fused-ring (bicyclic) bond motifs is 1. The number of nitrogens with one attached hydrogen (secondary N) is 1. The summed E-state index contributed by atoms with van der Waals surface area (Å²) in [7, 11) is 1.49. The summed E-state index contributed by atoms with van der Waals surface area (Å²) in [5.41, 5.74) is 0.856. The molecular weight excluding hydrogens is 355 g/mol. The number of ether oxygens (including phenoxy) is 3. The number of benzene rings is 2. The Morgan fingerprint density at radius 3 is 2.70 bits per heavy atom. The zero-order valence-electron chi connectivity index (χ0n) is 14.3. The Morgan fingerprint density at radius 1 is 1.22 bits per heavy atom. The Morgan fingerprint density at radius 2 is 1.96 bits per heavy atom. The van der Waals surface area contributed by atoms with E-state index in [9.17, 15) is 14.0 Å². The molecule has 4 rings (SSSR count). The minimum absolute atomic E-state index is 0.0634. The van der Waals surface area contributed by atoms with Gasteiger partial charge in [-0.2, -0.15) is 0 Å². The monoisotopic (exact) mass is 370 g/mol. The van der Waals surface area contributed by atoms with Crippen LogP contribution in [0.15, 0.2) is 42.1 Å². The highest BCUT2D eigenvalue weighted by Crippen LogP contribution is 2.39. The third-order valence-electron chi connectivity index (χ3n) is 4.27. The number of hydrogen-bond acceptors (Lipinski definition) is 5. The highest BCUT2D eigenvalue weighted by molar-refractivity contribution is 6.14. The summed E-state index contributed by atoms with van der Waals surface area (Å²) in [5.74, 6) is 0.483. The van der Waals surface area contributed by atoms with Crippen LogP contribution in [0.25, 0.3) is 6.08 Å². The van der Waals surface area contributed by atoms with E-state index >= 15 is 0 Å². The maximum absolute atomic E-state index is 13.8. The standard InChI is InChI=1S/C19H15FN2O5/c1-25-15-8-17-16(26-10-27-17)7-12(15)6-14-18(23)22(19(24)21-14)9-11-4-2-3-5-13(11)20/h2-8H,9-10H2,1H3,(H,21,24). The Kier molecular flexibility index (Phi) is 4.15. The summed E-state index contributed by atoms with van der Waals surface area (Å²) < 4.78 is 29.8. The number of carbonyl (C=O) groups excluding carboxylic acids is 2. The molecule has 27 heavy (non-hydrogen) atoms.